The normalized spacial score (nSPS) is 17.9. The van der Waals surface area contributed by atoms with E-state index in [9.17, 15) is 9.59 Å². The first-order valence-corrected chi connectivity index (χ1v) is 7.90. The van der Waals surface area contributed by atoms with Crippen molar-refractivity contribution in [1.29, 1.82) is 0 Å². The van der Waals surface area contributed by atoms with Gasteiger partial charge in [-0.15, -0.1) is 0 Å². The van der Waals surface area contributed by atoms with Crippen molar-refractivity contribution in [3.8, 4) is 0 Å². The van der Waals surface area contributed by atoms with Crippen molar-refractivity contribution >= 4 is 29.1 Å². The number of anilines is 1. The molecular weight excluding hydrogens is 302 g/mol. The van der Waals surface area contributed by atoms with Crippen molar-refractivity contribution < 1.29 is 9.59 Å². The zero-order valence-electron chi connectivity index (χ0n) is 12.9. The maximum Gasteiger partial charge on any atom is 0.255 e. The summed E-state index contributed by atoms with van der Waals surface area (Å²) in [5, 5.41) is 3.18. The first-order valence-electron chi connectivity index (χ1n) is 7.52. The Hall–Kier alpha value is -1.59. The van der Waals surface area contributed by atoms with Gasteiger partial charge < -0.3 is 16.0 Å². The van der Waals surface area contributed by atoms with Crippen LogP contribution in [0.2, 0.25) is 5.02 Å². The lowest BCUT2D eigenvalue weighted by molar-refractivity contribution is -0.118. The second-order valence-electron chi connectivity index (χ2n) is 5.98. The number of rotatable bonds is 4. The Labute approximate surface area is 135 Å². The summed E-state index contributed by atoms with van der Waals surface area (Å²) < 4.78 is 0. The molecule has 2 amide bonds. The molecule has 1 atom stereocenters. The Kier molecular flexibility index (Phi) is 5.42. The average molecular weight is 324 g/mol. The number of carbonyl (C=O) groups is 2. The molecule has 1 aliphatic rings. The van der Waals surface area contributed by atoms with Gasteiger partial charge >= 0.3 is 0 Å². The molecule has 120 valence electrons. The first-order chi connectivity index (χ1) is 10.4. The average Bonchev–Trinajstić information content (AvgIpc) is 2.97. The molecule has 1 aliphatic heterocycles. The molecule has 1 aromatic rings. The number of hydrogen-bond acceptors (Lipinski definition) is 3. The van der Waals surface area contributed by atoms with Gasteiger partial charge in [-0.2, -0.15) is 0 Å². The zero-order valence-corrected chi connectivity index (χ0v) is 13.7. The van der Waals surface area contributed by atoms with Gasteiger partial charge in [-0.25, -0.2) is 0 Å². The van der Waals surface area contributed by atoms with Gasteiger partial charge in [0, 0.05) is 24.7 Å². The third-order valence-electron chi connectivity index (χ3n) is 3.90. The summed E-state index contributed by atoms with van der Waals surface area (Å²) in [6.45, 7) is 5.57. The fourth-order valence-electron chi connectivity index (χ4n) is 2.43. The van der Waals surface area contributed by atoms with Crippen molar-refractivity contribution in [1.82, 2.24) is 4.90 Å². The zero-order chi connectivity index (χ0) is 16.3. The Morgan fingerprint density at radius 2 is 2.18 bits per heavy atom. The van der Waals surface area contributed by atoms with Gasteiger partial charge in [-0.3, -0.25) is 9.59 Å². The van der Waals surface area contributed by atoms with Gasteiger partial charge in [0.25, 0.3) is 5.91 Å². The molecule has 3 N–H and O–H groups in total. The van der Waals surface area contributed by atoms with E-state index in [0.717, 1.165) is 6.42 Å². The van der Waals surface area contributed by atoms with Crippen LogP contribution in [0.15, 0.2) is 18.2 Å². The van der Waals surface area contributed by atoms with Gasteiger partial charge in [0.15, 0.2) is 0 Å². The van der Waals surface area contributed by atoms with Crippen LogP contribution in [0.5, 0.6) is 0 Å². The van der Waals surface area contributed by atoms with E-state index in [1.165, 1.54) is 0 Å². The van der Waals surface area contributed by atoms with Crippen LogP contribution in [0.4, 0.5) is 5.69 Å². The fourth-order valence-corrected chi connectivity index (χ4v) is 2.63. The molecule has 1 aromatic carbocycles. The molecule has 0 spiro atoms. The van der Waals surface area contributed by atoms with Crippen molar-refractivity contribution in [2.24, 2.45) is 17.6 Å². The number of halogens is 1. The highest BCUT2D eigenvalue weighted by molar-refractivity contribution is 6.34. The monoisotopic (exact) mass is 323 g/mol. The minimum atomic E-state index is -0.126. The molecular formula is C16H22ClN3O2. The van der Waals surface area contributed by atoms with Crippen LogP contribution >= 0.6 is 11.6 Å². The number of nitrogens with two attached hydrogens (primary N) is 1. The molecule has 0 saturated carbocycles. The third kappa shape index (κ3) is 3.78. The Morgan fingerprint density at radius 3 is 2.77 bits per heavy atom. The van der Waals surface area contributed by atoms with Crippen LogP contribution in [0, 0.1) is 11.8 Å². The van der Waals surface area contributed by atoms with Crippen molar-refractivity contribution in [3.05, 3.63) is 28.8 Å². The lowest BCUT2D eigenvalue weighted by Gasteiger charge is -2.18. The second-order valence-corrected chi connectivity index (χ2v) is 6.39. The fraction of sp³-hybridized carbons (Fsp3) is 0.500. The van der Waals surface area contributed by atoms with E-state index in [1.807, 2.05) is 13.8 Å². The molecule has 1 fully saturated rings. The lowest BCUT2D eigenvalue weighted by atomic mass is 10.1. The summed E-state index contributed by atoms with van der Waals surface area (Å²) in [5.74, 6) is 0.0250. The SMILES string of the molecule is CC(C)C(=O)Nc1ccc(Cl)c(C(=O)N2CCC(CN)C2)c1. The minimum Gasteiger partial charge on any atom is -0.338 e. The van der Waals surface area contributed by atoms with E-state index in [4.69, 9.17) is 17.3 Å². The number of amides is 2. The quantitative estimate of drug-likeness (QED) is 0.893. The van der Waals surface area contributed by atoms with Crippen molar-refractivity contribution in [2.75, 3.05) is 25.0 Å². The number of benzene rings is 1. The number of nitrogens with one attached hydrogen (secondary N) is 1. The summed E-state index contributed by atoms with van der Waals surface area (Å²) in [6, 6.07) is 4.98. The highest BCUT2D eigenvalue weighted by atomic mass is 35.5. The largest absolute Gasteiger partial charge is 0.338 e. The smallest absolute Gasteiger partial charge is 0.255 e. The maximum atomic E-state index is 12.6. The van der Waals surface area contributed by atoms with Gasteiger partial charge in [-0.05, 0) is 37.1 Å². The van der Waals surface area contributed by atoms with Gasteiger partial charge in [0.2, 0.25) is 5.91 Å². The van der Waals surface area contributed by atoms with E-state index in [2.05, 4.69) is 5.32 Å². The van der Waals surface area contributed by atoms with Crippen LogP contribution in [-0.4, -0.2) is 36.3 Å². The van der Waals surface area contributed by atoms with Crippen LogP contribution in [0.25, 0.3) is 0 Å². The predicted octanol–water partition coefficient (Wildman–Crippen LogP) is 2.36. The molecule has 0 bridgehead atoms. The minimum absolute atomic E-state index is 0.0925. The van der Waals surface area contributed by atoms with E-state index in [-0.39, 0.29) is 17.7 Å². The summed E-state index contributed by atoms with van der Waals surface area (Å²) in [5.41, 5.74) is 6.66. The molecule has 6 heteroatoms. The lowest BCUT2D eigenvalue weighted by Crippen LogP contribution is -2.30. The molecule has 2 rings (SSSR count). The number of carbonyl (C=O) groups excluding carboxylic acids is 2. The molecule has 1 saturated heterocycles. The van der Waals surface area contributed by atoms with Gasteiger partial charge in [0.05, 0.1) is 10.6 Å². The highest BCUT2D eigenvalue weighted by Gasteiger charge is 2.27. The summed E-state index contributed by atoms with van der Waals surface area (Å²) in [6.07, 6.45) is 0.920. The molecule has 0 radical (unpaired) electrons. The Balaban J connectivity index is 2.16. The van der Waals surface area contributed by atoms with Crippen molar-refractivity contribution in [2.45, 2.75) is 20.3 Å². The van der Waals surface area contributed by atoms with Crippen molar-refractivity contribution in [3.63, 3.8) is 0 Å². The molecule has 1 heterocycles. The van der Waals surface area contributed by atoms with Crippen LogP contribution < -0.4 is 11.1 Å². The van der Waals surface area contributed by atoms with E-state index >= 15 is 0 Å². The number of hydrogen-bond donors (Lipinski definition) is 2. The first kappa shape index (κ1) is 16.8. The van der Waals surface area contributed by atoms with Crippen LogP contribution in [-0.2, 0) is 4.79 Å². The molecule has 0 aliphatic carbocycles. The van der Waals surface area contributed by atoms with Crippen LogP contribution in [0.3, 0.4) is 0 Å². The van der Waals surface area contributed by atoms with Gasteiger partial charge in [-0.1, -0.05) is 25.4 Å². The highest BCUT2D eigenvalue weighted by Crippen LogP contribution is 2.25. The number of nitrogens with zero attached hydrogens (tertiary/aromatic N) is 1. The Morgan fingerprint density at radius 1 is 1.45 bits per heavy atom. The predicted molar refractivity (Wildman–Crippen MR) is 88.0 cm³/mol. The number of likely N-dealkylation sites (tertiary alicyclic amines) is 1. The summed E-state index contributed by atoms with van der Waals surface area (Å²) in [4.78, 5) is 26.1. The molecule has 0 aromatic heterocycles. The Bertz CT molecular complexity index is 575. The maximum absolute atomic E-state index is 12.6. The van der Waals surface area contributed by atoms with E-state index in [0.29, 0.717) is 41.8 Å². The van der Waals surface area contributed by atoms with Gasteiger partial charge in [0.1, 0.15) is 0 Å². The molecule has 5 nitrogen and oxygen atoms in total. The second kappa shape index (κ2) is 7.11. The standard InChI is InChI=1S/C16H22ClN3O2/c1-10(2)15(21)19-12-3-4-14(17)13(7-12)16(22)20-6-5-11(8-18)9-20/h3-4,7,10-11H,5-6,8-9,18H2,1-2H3,(H,19,21). The summed E-state index contributed by atoms with van der Waals surface area (Å²) in [7, 11) is 0. The van der Waals surface area contributed by atoms with E-state index < -0.39 is 0 Å². The molecule has 22 heavy (non-hydrogen) atoms. The topological polar surface area (TPSA) is 75.4 Å². The third-order valence-corrected chi connectivity index (χ3v) is 4.22. The van der Waals surface area contributed by atoms with Crippen LogP contribution in [0.1, 0.15) is 30.6 Å². The summed E-state index contributed by atoms with van der Waals surface area (Å²) >= 11 is 6.15. The molecule has 1 unspecified atom stereocenters. The van der Waals surface area contributed by atoms with E-state index in [1.54, 1.807) is 23.1 Å².